The molecule has 0 amide bonds. The van der Waals surface area contributed by atoms with E-state index < -0.39 is 0 Å². The summed E-state index contributed by atoms with van der Waals surface area (Å²) in [5.41, 5.74) is 1.07. The first-order valence-corrected chi connectivity index (χ1v) is 8.57. The first-order chi connectivity index (χ1) is 11.8. The lowest BCUT2D eigenvalue weighted by molar-refractivity contribution is 0.0571. The number of nitrogens with zero attached hydrogens (tertiary/aromatic N) is 3. The molecule has 3 heterocycles. The summed E-state index contributed by atoms with van der Waals surface area (Å²) in [7, 11) is 0. The van der Waals surface area contributed by atoms with Crippen molar-refractivity contribution in [1.82, 2.24) is 9.88 Å². The van der Waals surface area contributed by atoms with Crippen molar-refractivity contribution >= 4 is 5.82 Å². The van der Waals surface area contributed by atoms with Crippen LogP contribution in [0, 0.1) is 6.92 Å². The molecule has 1 atom stereocenters. The Bertz CT molecular complexity index is 699. The second kappa shape index (κ2) is 6.69. The molecule has 1 aromatic heterocycles. The SMILES string of the molecule is Cc1cccc(N2CCN(C[C@@H]3COc4ccccc4O3)CC2)n1. The smallest absolute Gasteiger partial charge is 0.161 e. The van der Waals surface area contributed by atoms with Gasteiger partial charge >= 0.3 is 0 Å². The minimum atomic E-state index is 0.101. The number of benzene rings is 1. The van der Waals surface area contributed by atoms with Crippen molar-refractivity contribution in [2.45, 2.75) is 13.0 Å². The first-order valence-electron chi connectivity index (χ1n) is 8.57. The number of aromatic nitrogens is 1. The van der Waals surface area contributed by atoms with Gasteiger partial charge < -0.3 is 14.4 Å². The van der Waals surface area contributed by atoms with Crippen molar-refractivity contribution < 1.29 is 9.47 Å². The highest BCUT2D eigenvalue weighted by Gasteiger charge is 2.25. The number of para-hydroxylation sites is 2. The van der Waals surface area contributed by atoms with Crippen LogP contribution in [-0.2, 0) is 0 Å². The van der Waals surface area contributed by atoms with E-state index in [1.165, 1.54) is 0 Å². The van der Waals surface area contributed by atoms with Crippen LogP contribution in [0.15, 0.2) is 42.5 Å². The van der Waals surface area contributed by atoms with Crippen molar-refractivity contribution in [3.05, 3.63) is 48.2 Å². The summed E-state index contributed by atoms with van der Waals surface area (Å²) < 4.78 is 11.9. The van der Waals surface area contributed by atoms with Crippen molar-refractivity contribution in [3.8, 4) is 11.5 Å². The van der Waals surface area contributed by atoms with Gasteiger partial charge in [-0.1, -0.05) is 18.2 Å². The average molecular weight is 325 g/mol. The Labute approximate surface area is 142 Å². The zero-order valence-electron chi connectivity index (χ0n) is 14.0. The van der Waals surface area contributed by atoms with Crippen LogP contribution in [0.1, 0.15) is 5.69 Å². The lowest BCUT2D eigenvalue weighted by Crippen LogP contribution is -2.50. The monoisotopic (exact) mass is 325 g/mol. The van der Waals surface area contributed by atoms with Gasteiger partial charge in [-0.3, -0.25) is 4.90 Å². The molecule has 1 aromatic carbocycles. The zero-order valence-corrected chi connectivity index (χ0v) is 14.0. The van der Waals surface area contributed by atoms with E-state index in [1.54, 1.807) is 0 Å². The molecule has 0 radical (unpaired) electrons. The van der Waals surface area contributed by atoms with Crippen molar-refractivity contribution in [1.29, 1.82) is 0 Å². The third-order valence-corrected chi connectivity index (χ3v) is 4.60. The number of fused-ring (bicyclic) bond motifs is 1. The van der Waals surface area contributed by atoms with E-state index in [0.29, 0.717) is 6.61 Å². The molecule has 2 aliphatic rings. The Hall–Kier alpha value is -2.27. The fourth-order valence-corrected chi connectivity index (χ4v) is 3.31. The standard InChI is InChI=1S/C19H23N3O2/c1-15-5-4-8-19(20-15)22-11-9-21(10-12-22)13-16-14-23-17-6-2-3-7-18(17)24-16/h2-8,16H,9-14H2,1H3/t16-/m1/s1. The summed E-state index contributed by atoms with van der Waals surface area (Å²) in [6, 6.07) is 14.1. The molecular formula is C19H23N3O2. The molecular weight excluding hydrogens is 302 g/mol. The Morgan fingerprint density at radius 2 is 1.79 bits per heavy atom. The fraction of sp³-hybridized carbons (Fsp3) is 0.421. The topological polar surface area (TPSA) is 37.8 Å². The van der Waals surface area contributed by atoms with Gasteiger partial charge in [-0.15, -0.1) is 0 Å². The van der Waals surface area contributed by atoms with Crippen LogP contribution < -0.4 is 14.4 Å². The van der Waals surface area contributed by atoms with Gasteiger partial charge in [0, 0.05) is 38.4 Å². The number of piperazine rings is 1. The molecule has 5 nitrogen and oxygen atoms in total. The quantitative estimate of drug-likeness (QED) is 0.866. The average Bonchev–Trinajstić information content (AvgIpc) is 2.62. The highest BCUT2D eigenvalue weighted by Crippen LogP contribution is 2.31. The molecule has 1 saturated heterocycles. The van der Waals surface area contributed by atoms with Crippen LogP contribution in [0.5, 0.6) is 11.5 Å². The largest absolute Gasteiger partial charge is 0.486 e. The summed E-state index contributed by atoms with van der Waals surface area (Å²) in [5, 5.41) is 0. The Morgan fingerprint density at radius 1 is 1.00 bits per heavy atom. The minimum Gasteiger partial charge on any atom is -0.486 e. The molecule has 0 spiro atoms. The van der Waals surface area contributed by atoms with Crippen molar-refractivity contribution in [2.75, 3.05) is 44.2 Å². The van der Waals surface area contributed by atoms with E-state index in [9.17, 15) is 0 Å². The van der Waals surface area contributed by atoms with Crippen molar-refractivity contribution in [2.24, 2.45) is 0 Å². The fourth-order valence-electron chi connectivity index (χ4n) is 3.31. The highest BCUT2D eigenvalue weighted by molar-refractivity contribution is 5.41. The van der Waals surface area contributed by atoms with Gasteiger partial charge in [-0.25, -0.2) is 4.98 Å². The van der Waals surface area contributed by atoms with Crippen LogP contribution in [-0.4, -0.2) is 55.3 Å². The van der Waals surface area contributed by atoms with Gasteiger partial charge in [0.05, 0.1) is 0 Å². The van der Waals surface area contributed by atoms with Gasteiger partial charge in [0.25, 0.3) is 0 Å². The van der Waals surface area contributed by atoms with E-state index >= 15 is 0 Å². The predicted octanol–water partition coefficient (Wildman–Crippen LogP) is 2.35. The van der Waals surface area contributed by atoms with E-state index in [-0.39, 0.29) is 6.10 Å². The molecule has 1 fully saturated rings. The lowest BCUT2D eigenvalue weighted by atomic mass is 10.2. The van der Waals surface area contributed by atoms with E-state index in [4.69, 9.17) is 9.47 Å². The van der Waals surface area contributed by atoms with Crippen LogP contribution in [0.4, 0.5) is 5.82 Å². The second-order valence-corrected chi connectivity index (χ2v) is 6.42. The van der Waals surface area contributed by atoms with E-state index in [2.05, 4.69) is 26.9 Å². The molecule has 2 aromatic rings. The molecule has 2 aliphatic heterocycles. The Balaban J connectivity index is 1.31. The summed E-state index contributed by atoms with van der Waals surface area (Å²) in [6.07, 6.45) is 0.101. The molecule has 0 bridgehead atoms. The third-order valence-electron chi connectivity index (χ3n) is 4.60. The van der Waals surface area contributed by atoms with Gasteiger partial charge in [-0.05, 0) is 31.2 Å². The molecule has 4 rings (SSSR count). The number of hydrogen-bond acceptors (Lipinski definition) is 5. The summed E-state index contributed by atoms with van der Waals surface area (Å²) >= 11 is 0. The maximum Gasteiger partial charge on any atom is 0.161 e. The number of pyridine rings is 1. The van der Waals surface area contributed by atoms with Gasteiger partial charge in [0.15, 0.2) is 11.5 Å². The minimum absolute atomic E-state index is 0.101. The molecule has 0 aliphatic carbocycles. The zero-order chi connectivity index (χ0) is 16.4. The molecule has 5 heteroatoms. The van der Waals surface area contributed by atoms with Crippen LogP contribution >= 0.6 is 0 Å². The van der Waals surface area contributed by atoms with Crippen molar-refractivity contribution in [3.63, 3.8) is 0 Å². The van der Waals surface area contributed by atoms with Gasteiger partial charge in [-0.2, -0.15) is 0 Å². The number of anilines is 1. The molecule has 24 heavy (non-hydrogen) atoms. The number of aryl methyl sites for hydroxylation is 1. The molecule has 0 unspecified atom stereocenters. The van der Waals surface area contributed by atoms with E-state index in [1.807, 2.05) is 37.3 Å². The Morgan fingerprint density at radius 3 is 2.58 bits per heavy atom. The van der Waals surface area contributed by atoms with Crippen LogP contribution in [0.25, 0.3) is 0 Å². The first kappa shape index (κ1) is 15.3. The maximum absolute atomic E-state index is 6.07. The second-order valence-electron chi connectivity index (χ2n) is 6.42. The Kier molecular flexibility index (Phi) is 4.26. The van der Waals surface area contributed by atoms with Crippen LogP contribution in [0.2, 0.25) is 0 Å². The lowest BCUT2D eigenvalue weighted by Gasteiger charge is -2.37. The predicted molar refractivity (Wildman–Crippen MR) is 94.0 cm³/mol. The third kappa shape index (κ3) is 3.31. The molecule has 0 saturated carbocycles. The number of ether oxygens (including phenoxy) is 2. The number of rotatable bonds is 3. The maximum atomic E-state index is 6.07. The normalized spacial score (nSPS) is 20.9. The van der Waals surface area contributed by atoms with E-state index in [0.717, 1.165) is 55.7 Å². The molecule has 126 valence electrons. The molecule has 0 N–H and O–H groups in total. The summed E-state index contributed by atoms with van der Waals surface area (Å²) in [5.74, 6) is 2.79. The van der Waals surface area contributed by atoms with Gasteiger partial charge in [0.2, 0.25) is 0 Å². The highest BCUT2D eigenvalue weighted by atomic mass is 16.6. The summed E-state index contributed by atoms with van der Waals surface area (Å²) in [4.78, 5) is 9.44. The summed E-state index contributed by atoms with van der Waals surface area (Å²) in [6.45, 7) is 7.62. The van der Waals surface area contributed by atoms with Gasteiger partial charge in [0.1, 0.15) is 18.5 Å². The number of hydrogen-bond donors (Lipinski definition) is 0. The van der Waals surface area contributed by atoms with Crippen LogP contribution in [0.3, 0.4) is 0 Å².